The number of likely N-dealkylation sites (tertiary alicyclic amines) is 1. The number of allylic oxidation sites excluding steroid dienone is 2. The van der Waals surface area contributed by atoms with Crippen LogP contribution in [0.5, 0.6) is 0 Å². The van der Waals surface area contributed by atoms with Gasteiger partial charge in [0, 0.05) is 44.8 Å². The van der Waals surface area contributed by atoms with Crippen molar-refractivity contribution in [2.45, 2.75) is 19.3 Å². The number of hydrogen-bond acceptors (Lipinski definition) is 4. The molecule has 0 aromatic heterocycles. The van der Waals surface area contributed by atoms with Gasteiger partial charge in [0.1, 0.15) is 0 Å². The molecule has 29 heavy (non-hydrogen) atoms. The molecule has 1 saturated carbocycles. The van der Waals surface area contributed by atoms with Crippen LogP contribution in [0.1, 0.15) is 19.3 Å². The third kappa shape index (κ3) is 3.15. The molecule has 6 rings (SSSR count). The van der Waals surface area contributed by atoms with Gasteiger partial charge in [-0.25, -0.2) is 0 Å². The maximum absolute atomic E-state index is 12.9. The van der Waals surface area contributed by atoms with Crippen molar-refractivity contribution in [2.24, 2.45) is 23.7 Å². The predicted molar refractivity (Wildman–Crippen MR) is 109 cm³/mol. The first-order chi connectivity index (χ1) is 14.1. The molecule has 0 N–H and O–H groups in total. The van der Waals surface area contributed by atoms with Crippen molar-refractivity contribution >= 4 is 23.4 Å². The fraction of sp³-hybridized carbons (Fsp3) is 0.522. The quantitative estimate of drug-likeness (QED) is 0.579. The highest BCUT2D eigenvalue weighted by Crippen LogP contribution is 2.49. The van der Waals surface area contributed by atoms with Crippen molar-refractivity contribution in [1.29, 1.82) is 0 Å². The Morgan fingerprint density at radius 3 is 2.00 bits per heavy atom. The first kappa shape index (κ1) is 18.4. The van der Waals surface area contributed by atoms with E-state index in [4.69, 9.17) is 0 Å². The molecule has 0 spiro atoms. The van der Waals surface area contributed by atoms with Crippen LogP contribution in [0.2, 0.25) is 0 Å². The second-order valence-electron chi connectivity index (χ2n) is 8.62. The number of benzene rings is 1. The van der Waals surface area contributed by atoms with Crippen LogP contribution in [-0.2, 0) is 14.4 Å². The molecule has 0 unspecified atom stereocenters. The van der Waals surface area contributed by atoms with E-state index in [0.717, 1.165) is 25.9 Å². The molecule has 4 atom stereocenters. The normalized spacial score (nSPS) is 30.8. The molecule has 3 aliphatic carbocycles. The van der Waals surface area contributed by atoms with Gasteiger partial charge in [-0.2, -0.15) is 0 Å². The minimum atomic E-state index is -0.184. The molecule has 3 fully saturated rings. The summed E-state index contributed by atoms with van der Waals surface area (Å²) < 4.78 is 0. The highest BCUT2D eigenvalue weighted by atomic mass is 16.2. The summed E-state index contributed by atoms with van der Waals surface area (Å²) in [6.45, 7) is 3.18. The number of nitrogens with zero attached hydrogens (tertiary/aromatic N) is 3. The molecular weight excluding hydrogens is 366 g/mol. The highest BCUT2D eigenvalue weighted by Gasteiger charge is 2.56. The minimum Gasteiger partial charge on any atom is -0.368 e. The van der Waals surface area contributed by atoms with Gasteiger partial charge in [-0.05, 0) is 36.8 Å². The van der Waals surface area contributed by atoms with Crippen LogP contribution in [0.25, 0.3) is 0 Å². The highest BCUT2D eigenvalue weighted by molar-refractivity contribution is 6.06. The molecule has 6 nitrogen and oxygen atoms in total. The van der Waals surface area contributed by atoms with Gasteiger partial charge in [0.2, 0.25) is 17.7 Å². The molecule has 3 amide bonds. The van der Waals surface area contributed by atoms with Crippen LogP contribution in [0.3, 0.4) is 0 Å². The lowest BCUT2D eigenvalue weighted by molar-refractivity contribution is -0.141. The zero-order valence-corrected chi connectivity index (χ0v) is 16.6. The molecular formula is C23H27N3O3. The Morgan fingerprint density at radius 2 is 1.45 bits per heavy atom. The summed E-state index contributed by atoms with van der Waals surface area (Å²) in [6.07, 6.45) is 6.48. The standard InChI is InChI=1S/C23H27N3O3/c27-19(25-14-12-24(13-15-25)18-4-2-1-3-5-18)10-11-26-22(28)20-16-6-7-17(9-8-16)21(20)23(26)29/h1-7,16-17,20-21H,8-15H2/t16-,17-,20+,21+/m0/s1. The zero-order valence-electron chi connectivity index (χ0n) is 16.6. The number of carbonyl (C=O) groups excluding carboxylic acids is 3. The van der Waals surface area contributed by atoms with Gasteiger partial charge in [0.25, 0.3) is 0 Å². The van der Waals surface area contributed by atoms with E-state index >= 15 is 0 Å². The second kappa shape index (κ2) is 7.32. The third-order valence-corrected chi connectivity index (χ3v) is 7.15. The molecule has 6 heteroatoms. The van der Waals surface area contributed by atoms with Crippen molar-refractivity contribution in [3.8, 4) is 0 Å². The van der Waals surface area contributed by atoms with Gasteiger partial charge < -0.3 is 9.80 Å². The number of para-hydroxylation sites is 1. The van der Waals surface area contributed by atoms with Gasteiger partial charge in [0.15, 0.2) is 0 Å². The smallest absolute Gasteiger partial charge is 0.233 e. The number of imide groups is 1. The van der Waals surface area contributed by atoms with E-state index in [0.29, 0.717) is 13.1 Å². The van der Waals surface area contributed by atoms with Crippen molar-refractivity contribution in [2.75, 3.05) is 37.6 Å². The number of hydrogen-bond donors (Lipinski definition) is 0. The maximum Gasteiger partial charge on any atom is 0.233 e. The van der Waals surface area contributed by atoms with Crippen molar-refractivity contribution in [3.63, 3.8) is 0 Å². The lowest BCUT2D eigenvalue weighted by atomic mass is 9.63. The molecule has 1 aromatic carbocycles. The SMILES string of the molecule is O=C(CCN1C(=O)[C@H]2[C@H](C1=O)[C@H]1C=C[C@H]2CC1)N1CCN(c2ccccc2)CC1. The molecule has 2 bridgehead atoms. The van der Waals surface area contributed by atoms with Gasteiger partial charge >= 0.3 is 0 Å². The summed E-state index contributed by atoms with van der Waals surface area (Å²) in [4.78, 5) is 44.0. The number of anilines is 1. The molecule has 0 radical (unpaired) electrons. The van der Waals surface area contributed by atoms with E-state index in [1.54, 1.807) is 0 Å². The summed E-state index contributed by atoms with van der Waals surface area (Å²) in [6, 6.07) is 10.2. The number of rotatable bonds is 4. The lowest BCUT2D eigenvalue weighted by Crippen LogP contribution is -2.49. The van der Waals surface area contributed by atoms with E-state index in [1.807, 2.05) is 23.1 Å². The molecule has 1 aromatic rings. The average Bonchev–Trinajstić information content (AvgIpc) is 3.05. The summed E-state index contributed by atoms with van der Waals surface area (Å²) in [7, 11) is 0. The fourth-order valence-corrected chi connectivity index (χ4v) is 5.57. The Balaban J connectivity index is 1.16. The Labute approximate surface area is 171 Å². The number of amides is 3. The molecule has 5 aliphatic rings. The summed E-state index contributed by atoms with van der Waals surface area (Å²) in [5, 5.41) is 0. The van der Waals surface area contributed by atoms with Crippen LogP contribution < -0.4 is 4.90 Å². The Bertz CT molecular complexity index is 812. The van der Waals surface area contributed by atoms with E-state index in [9.17, 15) is 14.4 Å². The van der Waals surface area contributed by atoms with Crippen LogP contribution in [0.15, 0.2) is 42.5 Å². The Hall–Kier alpha value is -2.63. The van der Waals surface area contributed by atoms with E-state index in [1.165, 1.54) is 10.6 Å². The second-order valence-corrected chi connectivity index (χ2v) is 8.62. The topological polar surface area (TPSA) is 60.9 Å². The van der Waals surface area contributed by atoms with Crippen LogP contribution in [0, 0.1) is 23.7 Å². The molecule has 2 saturated heterocycles. The summed E-state index contributed by atoms with van der Waals surface area (Å²) >= 11 is 0. The van der Waals surface area contributed by atoms with Crippen molar-refractivity contribution in [1.82, 2.24) is 9.80 Å². The van der Waals surface area contributed by atoms with Gasteiger partial charge in [-0.15, -0.1) is 0 Å². The first-order valence-electron chi connectivity index (χ1n) is 10.7. The van der Waals surface area contributed by atoms with E-state index < -0.39 is 0 Å². The Morgan fingerprint density at radius 1 is 0.862 bits per heavy atom. The predicted octanol–water partition coefficient (Wildman–Crippen LogP) is 1.92. The molecule has 152 valence electrons. The summed E-state index contributed by atoms with van der Waals surface area (Å²) in [5.74, 6) is -0.0382. The minimum absolute atomic E-state index is 0.0364. The first-order valence-corrected chi connectivity index (χ1v) is 10.7. The van der Waals surface area contributed by atoms with Crippen molar-refractivity contribution < 1.29 is 14.4 Å². The largest absolute Gasteiger partial charge is 0.368 e. The maximum atomic E-state index is 12.9. The summed E-state index contributed by atoms with van der Waals surface area (Å²) in [5.41, 5.74) is 1.18. The Kier molecular flexibility index (Phi) is 4.64. The lowest BCUT2D eigenvalue weighted by Gasteiger charge is -2.38. The molecule has 2 heterocycles. The number of piperazine rings is 1. The number of carbonyl (C=O) groups is 3. The van der Waals surface area contributed by atoms with E-state index in [-0.39, 0.29) is 54.4 Å². The monoisotopic (exact) mass is 393 g/mol. The molecule has 2 aliphatic heterocycles. The van der Waals surface area contributed by atoms with Crippen LogP contribution in [-0.4, -0.2) is 60.2 Å². The van der Waals surface area contributed by atoms with Crippen LogP contribution in [0.4, 0.5) is 5.69 Å². The fourth-order valence-electron chi connectivity index (χ4n) is 5.57. The van der Waals surface area contributed by atoms with Gasteiger partial charge in [-0.3, -0.25) is 19.3 Å². The third-order valence-electron chi connectivity index (χ3n) is 7.15. The van der Waals surface area contributed by atoms with E-state index in [2.05, 4.69) is 29.2 Å². The van der Waals surface area contributed by atoms with Crippen LogP contribution >= 0.6 is 0 Å². The number of fused-ring (bicyclic) bond motifs is 1. The van der Waals surface area contributed by atoms with Gasteiger partial charge in [0.05, 0.1) is 11.8 Å². The zero-order chi connectivity index (χ0) is 20.0. The average molecular weight is 393 g/mol. The van der Waals surface area contributed by atoms with Gasteiger partial charge in [-0.1, -0.05) is 30.4 Å². The van der Waals surface area contributed by atoms with Crippen molar-refractivity contribution in [3.05, 3.63) is 42.5 Å².